The van der Waals surface area contributed by atoms with Crippen molar-refractivity contribution in [2.75, 3.05) is 36.4 Å². The Morgan fingerprint density at radius 3 is 2.43 bits per heavy atom. The molecule has 2 aromatic carbocycles. The second-order valence-electron chi connectivity index (χ2n) is 7.21. The Hall–Kier alpha value is -2.68. The van der Waals surface area contributed by atoms with Crippen LogP contribution in [0.1, 0.15) is 12.0 Å². The van der Waals surface area contributed by atoms with Crippen LogP contribution in [0.25, 0.3) is 0 Å². The molecule has 1 atom stereocenters. The molecule has 5 nitrogen and oxygen atoms in total. The normalized spacial score (nSPS) is 19.3. The minimum atomic E-state index is -4.47. The summed E-state index contributed by atoms with van der Waals surface area (Å²) in [5, 5.41) is 1.86. The standard InChI is InChI=1S/C21H20F3N3O2S/c22-21(23,24)14-6-7-17-16(12-14)25-20(29)18(30-17)13-19(28)27-10-8-26(9-11-27)15-4-2-1-3-5-15/h1-7,12,18H,8-11,13H2,(H,25,29)/t18-/m0/s1. The smallest absolute Gasteiger partial charge is 0.368 e. The summed E-state index contributed by atoms with van der Waals surface area (Å²) in [6.45, 7) is 2.56. The molecule has 0 aliphatic carbocycles. The first-order valence-corrected chi connectivity index (χ1v) is 10.5. The van der Waals surface area contributed by atoms with E-state index in [1.165, 1.54) is 6.07 Å². The Morgan fingerprint density at radius 2 is 1.77 bits per heavy atom. The molecule has 0 bridgehead atoms. The quantitative estimate of drug-likeness (QED) is 0.796. The lowest BCUT2D eigenvalue weighted by atomic mass is 10.1. The maximum absolute atomic E-state index is 12.9. The molecular formula is C21H20F3N3O2S. The van der Waals surface area contributed by atoms with E-state index < -0.39 is 22.9 Å². The lowest BCUT2D eigenvalue weighted by molar-refractivity contribution is -0.137. The van der Waals surface area contributed by atoms with Gasteiger partial charge in [0.25, 0.3) is 0 Å². The number of fused-ring (bicyclic) bond motifs is 1. The van der Waals surface area contributed by atoms with Gasteiger partial charge in [0.1, 0.15) is 0 Å². The first kappa shape index (κ1) is 20.6. The minimum absolute atomic E-state index is 0.0162. The highest BCUT2D eigenvalue weighted by Crippen LogP contribution is 2.40. The van der Waals surface area contributed by atoms with Gasteiger partial charge in [-0.25, -0.2) is 0 Å². The third-order valence-electron chi connectivity index (χ3n) is 5.24. The Bertz CT molecular complexity index is 944. The third-order valence-corrected chi connectivity index (χ3v) is 6.52. The number of amides is 2. The molecule has 2 aliphatic rings. The van der Waals surface area contributed by atoms with Gasteiger partial charge in [-0.15, -0.1) is 11.8 Å². The summed E-state index contributed by atoms with van der Waals surface area (Å²) in [5.41, 5.74) is 0.439. The first-order valence-electron chi connectivity index (χ1n) is 9.58. The number of rotatable bonds is 3. The van der Waals surface area contributed by atoms with Gasteiger partial charge >= 0.3 is 6.18 Å². The lowest BCUT2D eigenvalue weighted by Gasteiger charge is -2.36. The predicted octanol–water partition coefficient (Wildman–Crippen LogP) is 3.86. The van der Waals surface area contributed by atoms with Crippen LogP contribution < -0.4 is 10.2 Å². The van der Waals surface area contributed by atoms with Crippen molar-refractivity contribution in [1.29, 1.82) is 0 Å². The number of carbonyl (C=O) groups excluding carboxylic acids is 2. The Balaban J connectivity index is 1.36. The van der Waals surface area contributed by atoms with E-state index in [1.807, 2.05) is 30.3 Å². The highest BCUT2D eigenvalue weighted by molar-refractivity contribution is 8.01. The monoisotopic (exact) mass is 435 g/mol. The number of anilines is 2. The SMILES string of the molecule is O=C1Nc2cc(C(F)(F)F)ccc2S[C@H]1CC(=O)N1CCN(c2ccccc2)CC1. The molecule has 1 fully saturated rings. The van der Waals surface area contributed by atoms with E-state index in [0.717, 1.165) is 29.6 Å². The van der Waals surface area contributed by atoms with Crippen LogP contribution in [0.2, 0.25) is 0 Å². The third kappa shape index (κ3) is 4.40. The molecule has 2 aromatic rings. The number of piperazine rings is 1. The van der Waals surface area contributed by atoms with Gasteiger partial charge in [-0.1, -0.05) is 18.2 Å². The zero-order valence-corrected chi connectivity index (χ0v) is 16.8. The van der Waals surface area contributed by atoms with E-state index in [9.17, 15) is 22.8 Å². The number of para-hydroxylation sites is 1. The molecule has 0 radical (unpaired) electrons. The summed E-state index contributed by atoms with van der Waals surface area (Å²) < 4.78 is 38.6. The highest BCUT2D eigenvalue weighted by Gasteiger charge is 2.35. The van der Waals surface area contributed by atoms with Crippen LogP contribution in [0.4, 0.5) is 24.5 Å². The number of carbonyl (C=O) groups is 2. The predicted molar refractivity (Wildman–Crippen MR) is 110 cm³/mol. The van der Waals surface area contributed by atoms with Gasteiger partial charge in [0.15, 0.2) is 0 Å². The fourth-order valence-corrected chi connectivity index (χ4v) is 4.68. The van der Waals surface area contributed by atoms with Gasteiger partial charge in [0, 0.05) is 43.2 Å². The molecule has 0 saturated carbocycles. The highest BCUT2D eigenvalue weighted by atomic mass is 32.2. The number of hydrogen-bond acceptors (Lipinski definition) is 4. The fraction of sp³-hybridized carbons (Fsp3) is 0.333. The van der Waals surface area contributed by atoms with Crippen molar-refractivity contribution >= 4 is 35.0 Å². The van der Waals surface area contributed by atoms with Gasteiger partial charge in [-0.2, -0.15) is 13.2 Å². The van der Waals surface area contributed by atoms with E-state index in [1.54, 1.807) is 4.90 Å². The molecule has 1 N–H and O–H groups in total. The number of alkyl halides is 3. The van der Waals surface area contributed by atoms with Crippen molar-refractivity contribution in [2.24, 2.45) is 0 Å². The van der Waals surface area contributed by atoms with E-state index in [2.05, 4.69) is 10.2 Å². The molecule has 2 aliphatic heterocycles. The van der Waals surface area contributed by atoms with E-state index in [0.29, 0.717) is 31.1 Å². The van der Waals surface area contributed by atoms with Crippen molar-refractivity contribution in [1.82, 2.24) is 4.90 Å². The summed E-state index contributed by atoms with van der Waals surface area (Å²) in [6.07, 6.45) is -4.46. The topological polar surface area (TPSA) is 52.7 Å². The van der Waals surface area contributed by atoms with Crippen molar-refractivity contribution in [3.05, 3.63) is 54.1 Å². The van der Waals surface area contributed by atoms with Crippen LogP contribution in [-0.4, -0.2) is 48.1 Å². The Morgan fingerprint density at radius 1 is 1.07 bits per heavy atom. The van der Waals surface area contributed by atoms with E-state index >= 15 is 0 Å². The van der Waals surface area contributed by atoms with Crippen LogP contribution in [0.15, 0.2) is 53.4 Å². The van der Waals surface area contributed by atoms with E-state index in [4.69, 9.17) is 0 Å². The maximum Gasteiger partial charge on any atom is 0.416 e. The van der Waals surface area contributed by atoms with Crippen molar-refractivity contribution in [3.8, 4) is 0 Å². The molecule has 0 spiro atoms. The van der Waals surface area contributed by atoms with Crippen molar-refractivity contribution in [3.63, 3.8) is 0 Å². The summed E-state index contributed by atoms with van der Waals surface area (Å²) in [5.74, 6) is -0.561. The molecule has 2 heterocycles. The van der Waals surface area contributed by atoms with Gasteiger partial charge in [-0.3, -0.25) is 9.59 Å². The van der Waals surface area contributed by atoms with Gasteiger partial charge < -0.3 is 15.1 Å². The summed E-state index contributed by atoms with van der Waals surface area (Å²) in [6, 6.07) is 13.2. The second kappa shape index (κ2) is 8.22. The van der Waals surface area contributed by atoms with Crippen molar-refractivity contribution in [2.45, 2.75) is 22.7 Å². The summed E-state index contributed by atoms with van der Waals surface area (Å²) in [7, 11) is 0. The van der Waals surface area contributed by atoms with Crippen LogP contribution in [0, 0.1) is 0 Å². The molecule has 0 unspecified atom stereocenters. The zero-order valence-electron chi connectivity index (χ0n) is 16.0. The molecule has 9 heteroatoms. The lowest BCUT2D eigenvalue weighted by Crippen LogP contribution is -2.49. The van der Waals surface area contributed by atoms with Crippen LogP contribution >= 0.6 is 11.8 Å². The average Bonchev–Trinajstić information content (AvgIpc) is 2.74. The zero-order chi connectivity index (χ0) is 21.3. The summed E-state index contributed by atoms with van der Waals surface area (Å²) >= 11 is 1.14. The molecular weight excluding hydrogens is 415 g/mol. The molecule has 2 amide bonds. The van der Waals surface area contributed by atoms with E-state index in [-0.39, 0.29) is 18.0 Å². The molecule has 1 saturated heterocycles. The number of halogens is 3. The molecule has 0 aromatic heterocycles. The fourth-order valence-electron chi connectivity index (χ4n) is 3.60. The maximum atomic E-state index is 12.9. The largest absolute Gasteiger partial charge is 0.416 e. The summed E-state index contributed by atoms with van der Waals surface area (Å²) in [4.78, 5) is 29.6. The number of benzene rings is 2. The van der Waals surface area contributed by atoms with Gasteiger partial charge in [0.05, 0.1) is 16.5 Å². The molecule has 30 heavy (non-hydrogen) atoms. The molecule has 4 rings (SSSR count). The van der Waals surface area contributed by atoms with Gasteiger partial charge in [0.2, 0.25) is 11.8 Å². The number of hydrogen-bond donors (Lipinski definition) is 1. The van der Waals surface area contributed by atoms with Crippen LogP contribution in [-0.2, 0) is 15.8 Å². The number of nitrogens with zero attached hydrogens (tertiary/aromatic N) is 2. The average molecular weight is 435 g/mol. The van der Waals surface area contributed by atoms with Crippen molar-refractivity contribution < 1.29 is 22.8 Å². The van der Waals surface area contributed by atoms with Gasteiger partial charge in [-0.05, 0) is 30.3 Å². The number of thioether (sulfide) groups is 1. The second-order valence-corrected chi connectivity index (χ2v) is 8.46. The van der Waals surface area contributed by atoms with Crippen LogP contribution in [0.5, 0.6) is 0 Å². The Labute approximate surface area is 176 Å². The number of nitrogens with one attached hydrogen (secondary N) is 1. The minimum Gasteiger partial charge on any atom is -0.368 e. The molecule has 158 valence electrons. The van der Waals surface area contributed by atoms with Crippen LogP contribution in [0.3, 0.4) is 0 Å². The first-order chi connectivity index (χ1) is 14.3. The Kier molecular flexibility index (Phi) is 5.64.